The maximum atomic E-state index is 13.3. The van der Waals surface area contributed by atoms with E-state index in [2.05, 4.69) is 0 Å². The van der Waals surface area contributed by atoms with Gasteiger partial charge in [-0.1, -0.05) is 18.2 Å². The first-order valence-electron chi connectivity index (χ1n) is 10.00. The third kappa shape index (κ3) is 3.73. The third-order valence-electron chi connectivity index (χ3n) is 5.51. The Bertz CT molecular complexity index is 976. The Morgan fingerprint density at radius 2 is 1.87 bits per heavy atom. The Hall–Kier alpha value is -2.71. The summed E-state index contributed by atoms with van der Waals surface area (Å²) in [5.74, 6) is 1.32. The van der Waals surface area contributed by atoms with Crippen LogP contribution in [0.15, 0.2) is 47.4 Å². The van der Waals surface area contributed by atoms with Crippen molar-refractivity contribution in [2.75, 3.05) is 44.5 Å². The maximum absolute atomic E-state index is 13.3. The zero-order valence-electron chi connectivity index (χ0n) is 16.4. The van der Waals surface area contributed by atoms with E-state index in [0.717, 1.165) is 21.9 Å². The highest BCUT2D eigenvalue weighted by Gasteiger charge is 2.32. The molecular formula is C22H22N2O5S. The summed E-state index contributed by atoms with van der Waals surface area (Å²) < 4.78 is 16.3. The molecule has 2 amide bonds. The van der Waals surface area contributed by atoms with Gasteiger partial charge in [0.15, 0.2) is 11.5 Å². The van der Waals surface area contributed by atoms with E-state index in [1.807, 2.05) is 42.5 Å². The first-order chi connectivity index (χ1) is 14.7. The molecule has 0 radical (unpaired) electrons. The molecule has 1 atom stereocenters. The predicted octanol–water partition coefficient (Wildman–Crippen LogP) is 2.84. The molecule has 2 aromatic carbocycles. The lowest BCUT2D eigenvalue weighted by Crippen LogP contribution is -2.47. The quantitative estimate of drug-likeness (QED) is 0.752. The second-order valence-corrected chi connectivity index (χ2v) is 8.61. The number of morpholine rings is 1. The second kappa shape index (κ2) is 8.20. The van der Waals surface area contributed by atoms with E-state index in [9.17, 15) is 9.59 Å². The molecule has 7 nitrogen and oxygen atoms in total. The van der Waals surface area contributed by atoms with Crippen LogP contribution in [-0.4, -0.2) is 56.4 Å². The molecule has 3 aliphatic rings. The van der Waals surface area contributed by atoms with Gasteiger partial charge in [0, 0.05) is 29.7 Å². The fourth-order valence-electron chi connectivity index (χ4n) is 3.90. The highest BCUT2D eigenvalue weighted by molar-refractivity contribution is 7.99. The molecule has 156 valence electrons. The van der Waals surface area contributed by atoms with Gasteiger partial charge in [0.2, 0.25) is 18.6 Å². The lowest BCUT2D eigenvalue weighted by molar-refractivity contribution is -0.135. The number of carbonyl (C=O) groups is 2. The number of carbonyl (C=O) groups excluding carboxylic acids is 2. The normalized spacial score (nSPS) is 20.7. The number of rotatable bonds is 3. The number of benzene rings is 2. The molecule has 0 bridgehead atoms. The number of hydrogen-bond acceptors (Lipinski definition) is 6. The van der Waals surface area contributed by atoms with Gasteiger partial charge in [-0.15, -0.1) is 11.8 Å². The van der Waals surface area contributed by atoms with Crippen molar-refractivity contribution in [1.82, 2.24) is 4.90 Å². The average Bonchev–Trinajstić information content (AvgIpc) is 3.20. The van der Waals surface area contributed by atoms with Crippen molar-refractivity contribution >= 4 is 29.3 Å². The van der Waals surface area contributed by atoms with Crippen LogP contribution in [0.2, 0.25) is 0 Å². The number of thioether (sulfide) groups is 1. The van der Waals surface area contributed by atoms with Crippen LogP contribution in [0, 0.1) is 0 Å². The number of amides is 2. The molecule has 5 rings (SSSR count). The van der Waals surface area contributed by atoms with E-state index in [0.29, 0.717) is 38.5 Å². The predicted molar refractivity (Wildman–Crippen MR) is 112 cm³/mol. The minimum Gasteiger partial charge on any atom is -0.454 e. The van der Waals surface area contributed by atoms with Gasteiger partial charge < -0.3 is 24.0 Å². The standard InChI is InChI=1S/C22H22N2O5S/c25-21-12-20(15-5-6-17-18(11-15)29-14-28-17)30-19-4-2-1-3-16(19)24(21)13-22(26)23-7-9-27-10-8-23/h1-6,11,20H,7-10,12-14H2. The van der Waals surface area contributed by atoms with Gasteiger partial charge in [-0.25, -0.2) is 0 Å². The summed E-state index contributed by atoms with van der Waals surface area (Å²) in [5, 5.41) is -0.0726. The number of fused-ring (bicyclic) bond motifs is 2. The van der Waals surface area contributed by atoms with Gasteiger partial charge in [0.1, 0.15) is 6.54 Å². The molecule has 0 spiro atoms. The average molecular weight is 426 g/mol. The van der Waals surface area contributed by atoms with Gasteiger partial charge in [-0.05, 0) is 29.8 Å². The Morgan fingerprint density at radius 3 is 2.73 bits per heavy atom. The summed E-state index contributed by atoms with van der Waals surface area (Å²) in [6, 6.07) is 13.6. The first kappa shape index (κ1) is 19.3. The lowest BCUT2D eigenvalue weighted by atomic mass is 10.1. The van der Waals surface area contributed by atoms with Gasteiger partial charge in [0.25, 0.3) is 0 Å². The third-order valence-corrected chi connectivity index (χ3v) is 6.83. The second-order valence-electron chi connectivity index (χ2n) is 7.36. The SMILES string of the molecule is O=C(CN1C(=O)CC(c2ccc3c(c2)OCO3)Sc2ccccc21)N1CCOCC1. The van der Waals surface area contributed by atoms with Crippen molar-refractivity contribution in [3.63, 3.8) is 0 Å². The van der Waals surface area contributed by atoms with Crippen LogP contribution >= 0.6 is 11.8 Å². The van der Waals surface area contributed by atoms with Crippen molar-refractivity contribution in [1.29, 1.82) is 0 Å². The van der Waals surface area contributed by atoms with Gasteiger partial charge in [-0.3, -0.25) is 9.59 Å². The molecule has 3 aliphatic heterocycles. The summed E-state index contributed by atoms with van der Waals surface area (Å²) in [5.41, 5.74) is 1.80. The van der Waals surface area contributed by atoms with E-state index in [1.165, 1.54) is 0 Å². The number of ether oxygens (including phenoxy) is 3. The fourth-order valence-corrected chi connectivity index (χ4v) is 5.17. The van der Waals surface area contributed by atoms with Crippen molar-refractivity contribution in [3.05, 3.63) is 48.0 Å². The highest BCUT2D eigenvalue weighted by Crippen LogP contribution is 2.47. The monoisotopic (exact) mass is 426 g/mol. The van der Waals surface area contributed by atoms with E-state index in [1.54, 1.807) is 21.6 Å². The highest BCUT2D eigenvalue weighted by atomic mass is 32.2. The summed E-state index contributed by atoms with van der Waals surface area (Å²) in [4.78, 5) is 30.5. The topological polar surface area (TPSA) is 68.3 Å². The largest absolute Gasteiger partial charge is 0.454 e. The Labute approximate surface area is 178 Å². The molecule has 1 unspecified atom stereocenters. The number of hydrogen-bond donors (Lipinski definition) is 0. The van der Waals surface area contributed by atoms with Crippen molar-refractivity contribution < 1.29 is 23.8 Å². The van der Waals surface area contributed by atoms with Crippen molar-refractivity contribution in [3.8, 4) is 11.5 Å². The Morgan fingerprint density at radius 1 is 1.07 bits per heavy atom. The van der Waals surface area contributed by atoms with E-state index < -0.39 is 0 Å². The molecule has 0 aromatic heterocycles. The van der Waals surface area contributed by atoms with Crippen molar-refractivity contribution in [2.45, 2.75) is 16.6 Å². The van der Waals surface area contributed by atoms with Gasteiger partial charge in [-0.2, -0.15) is 0 Å². The minimum atomic E-state index is -0.0726. The molecule has 30 heavy (non-hydrogen) atoms. The maximum Gasteiger partial charge on any atom is 0.242 e. The molecule has 0 saturated carbocycles. The number of para-hydroxylation sites is 1. The Balaban J connectivity index is 1.42. The van der Waals surface area contributed by atoms with Gasteiger partial charge >= 0.3 is 0 Å². The number of nitrogens with zero attached hydrogens (tertiary/aromatic N) is 2. The molecule has 1 saturated heterocycles. The molecule has 1 fully saturated rings. The van der Waals surface area contributed by atoms with Gasteiger partial charge in [0.05, 0.1) is 18.9 Å². The molecule has 0 N–H and O–H groups in total. The van der Waals surface area contributed by atoms with E-state index >= 15 is 0 Å². The van der Waals surface area contributed by atoms with Crippen LogP contribution in [0.5, 0.6) is 11.5 Å². The molecular weight excluding hydrogens is 404 g/mol. The zero-order valence-corrected chi connectivity index (χ0v) is 17.2. The van der Waals surface area contributed by atoms with Crippen LogP contribution in [0.1, 0.15) is 17.2 Å². The van der Waals surface area contributed by atoms with E-state index in [4.69, 9.17) is 14.2 Å². The van der Waals surface area contributed by atoms with E-state index in [-0.39, 0.29) is 30.4 Å². The van der Waals surface area contributed by atoms with Crippen molar-refractivity contribution in [2.24, 2.45) is 0 Å². The summed E-state index contributed by atoms with van der Waals surface area (Å²) >= 11 is 1.64. The van der Waals surface area contributed by atoms with Crippen LogP contribution in [0.25, 0.3) is 0 Å². The molecule has 0 aliphatic carbocycles. The molecule has 8 heteroatoms. The van der Waals surface area contributed by atoms with Crippen LogP contribution in [0.4, 0.5) is 5.69 Å². The minimum absolute atomic E-state index is 0.0459. The summed E-state index contributed by atoms with van der Waals surface area (Å²) in [6.45, 7) is 2.48. The van der Waals surface area contributed by atoms with Crippen LogP contribution < -0.4 is 14.4 Å². The fraction of sp³-hybridized carbons (Fsp3) is 0.364. The summed E-state index contributed by atoms with van der Waals surface area (Å²) in [6.07, 6.45) is 0.301. The zero-order chi connectivity index (χ0) is 20.5. The molecule has 2 aromatic rings. The first-order valence-corrected chi connectivity index (χ1v) is 10.9. The smallest absolute Gasteiger partial charge is 0.242 e. The summed E-state index contributed by atoms with van der Waals surface area (Å²) in [7, 11) is 0. The van der Waals surface area contributed by atoms with Crippen LogP contribution in [0.3, 0.4) is 0 Å². The lowest BCUT2D eigenvalue weighted by Gasteiger charge is -2.30. The van der Waals surface area contributed by atoms with Crippen LogP contribution in [-0.2, 0) is 14.3 Å². The Kier molecular flexibility index (Phi) is 5.26. The molecule has 3 heterocycles. The number of anilines is 1.